The van der Waals surface area contributed by atoms with Gasteiger partial charge in [-0.1, -0.05) is 0 Å². The van der Waals surface area contributed by atoms with E-state index in [1.807, 2.05) is 22.9 Å². The zero-order chi connectivity index (χ0) is 18.1. The van der Waals surface area contributed by atoms with E-state index in [2.05, 4.69) is 20.9 Å². The van der Waals surface area contributed by atoms with Gasteiger partial charge in [0.05, 0.1) is 12.2 Å². The zero-order valence-electron chi connectivity index (χ0n) is 14.0. The molecule has 2 amide bonds. The first-order chi connectivity index (χ1) is 12.6. The van der Waals surface area contributed by atoms with Crippen LogP contribution in [0.5, 0.6) is 0 Å². The molecule has 0 saturated carbocycles. The first-order valence-corrected chi connectivity index (χ1v) is 8.48. The lowest BCUT2D eigenvalue weighted by Gasteiger charge is -2.36. The van der Waals surface area contributed by atoms with Crippen LogP contribution in [0.15, 0.2) is 54.3 Å². The number of imidazole rings is 1. The van der Waals surface area contributed by atoms with Gasteiger partial charge in [-0.05, 0) is 37.2 Å². The second-order valence-electron chi connectivity index (χ2n) is 6.41. The number of carbonyl (C=O) groups is 2. The average molecular weight is 353 g/mol. The maximum Gasteiger partial charge on any atom is 0.264 e. The molecule has 1 aromatic carbocycles. The minimum Gasteiger partial charge on any atom is -0.511 e. The highest BCUT2D eigenvalue weighted by Crippen LogP contribution is 2.26. The summed E-state index contributed by atoms with van der Waals surface area (Å²) in [7, 11) is 0. The lowest BCUT2D eigenvalue weighted by Crippen LogP contribution is -2.55. The molecule has 0 radical (unpaired) electrons. The molecule has 3 heterocycles. The van der Waals surface area contributed by atoms with Gasteiger partial charge in [-0.2, -0.15) is 0 Å². The van der Waals surface area contributed by atoms with Gasteiger partial charge in [-0.25, -0.2) is 4.98 Å². The molecule has 4 rings (SSSR count). The SMILES string of the molecule is O=C(Nc1ccc(-n2ccnc2)cc1)C1=C(O)C2CNCCC2NC1=O. The number of hydrogen-bond acceptors (Lipinski definition) is 5. The quantitative estimate of drug-likeness (QED) is 0.609. The van der Waals surface area contributed by atoms with Gasteiger partial charge in [0.2, 0.25) is 0 Å². The first kappa shape index (κ1) is 16.3. The fraction of sp³-hybridized carbons (Fsp3) is 0.278. The van der Waals surface area contributed by atoms with E-state index in [9.17, 15) is 14.7 Å². The van der Waals surface area contributed by atoms with Crippen LogP contribution in [0.4, 0.5) is 5.69 Å². The van der Waals surface area contributed by atoms with E-state index in [4.69, 9.17) is 0 Å². The van der Waals surface area contributed by atoms with Crippen molar-refractivity contribution >= 4 is 17.5 Å². The summed E-state index contributed by atoms with van der Waals surface area (Å²) >= 11 is 0. The van der Waals surface area contributed by atoms with E-state index < -0.39 is 11.8 Å². The number of nitrogens with one attached hydrogen (secondary N) is 3. The summed E-state index contributed by atoms with van der Waals surface area (Å²) in [5.41, 5.74) is 1.22. The van der Waals surface area contributed by atoms with Crippen LogP contribution in [0.3, 0.4) is 0 Å². The molecule has 1 aromatic heterocycles. The number of fused-ring (bicyclic) bond motifs is 1. The van der Waals surface area contributed by atoms with Crippen LogP contribution in [0.25, 0.3) is 5.69 Å². The number of hydrogen-bond donors (Lipinski definition) is 4. The number of rotatable bonds is 3. The van der Waals surface area contributed by atoms with Crippen LogP contribution in [-0.4, -0.2) is 45.6 Å². The minimum absolute atomic E-state index is 0.130. The molecular formula is C18H19N5O3. The van der Waals surface area contributed by atoms with Crippen LogP contribution in [0, 0.1) is 5.92 Å². The van der Waals surface area contributed by atoms with Crippen molar-refractivity contribution in [1.29, 1.82) is 0 Å². The molecular weight excluding hydrogens is 334 g/mol. The second kappa shape index (κ2) is 6.64. The van der Waals surface area contributed by atoms with E-state index in [0.717, 1.165) is 18.7 Å². The maximum absolute atomic E-state index is 12.6. The zero-order valence-corrected chi connectivity index (χ0v) is 14.0. The Kier molecular flexibility index (Phi) is 4.18. The number of anilines is 1. The Hall–Kier alpha value is -3.13. The molecule has 134 valence electrons. The van der Waals surface area contributed by atoms with Crippen molar-refractivity contribution in [3.05, 3.63) is 54.3 Å². The predicted octanol–water partition coefficient (Wildman–Crippen LogP) is 0.731. The maximum atomic E-state index is 12.6. The summed E-state index contributed by atoms with van der Waals surface area (Å²) in [5, 5.41) is 19.1. The van der Waals surface area contributed by atoms with Crippen LogP contribution in [0.1, 0.15) is 6.42 Å². The third kappa shape index (κ3) is 2.95. The van der Waals surface area contributed by atoms with Crippen LogP contribution in [0.2, 0.25) is 0 Å². The normalized spacial score (nSPS) is 22.5. The Labute approximate surface area is 149 Å². The fourth-order valence-electron chi connectivity index (χ4n) is 3.40. The predicted molar refractivity (Wildman–Crippen MR) is 94.8 cm³/mol. The summed E-state index contributed by atoms with van der Waals surface area (Å²) in [6.45, 7) is 1.31. The molecule has 4 N–H and O–H groups in total. The van der Waals surface area contributed by atoms with Gasteiger partial charge < -0.3 is 25.6 Å². The molecule has 0 aliphatic carbocycles. The number of aliphatic hydroxyl groups excluding tert-OH is 1. The Morgan fingerprint density at radius 3 is 2.85 bits per heavy atom. The van der Waals surface area contributed by atoms with Crippen molar-refractivity contribution in [2.45, 2.75) is 12.5 Å². The largest absolute Gasteiger partial charge is 0.511 e. The summed E-state index contributed by atoms with van der Waals surface area (Å²) in [4.78, 5) is 28.8. The van der Waals surface area contributed by atoms with Crippen molar-refractivity contribution in [2.75, 3.05) is 18.4 Å². The number of amides is 2. The Bertz CT molecular complexity index is 857. The highest BCUT2D eigenvalue weighted by molar-refractivity contribution is 6.23. The monoisotopic (exact) mass is 353 g/mol. The number of benzene rings is 1. The van der Waals surface area contributed by atoms with Gasteiger partial charge in [0.25, 0.3) is 11.8 Å². The second-order valence-corrected chi connectivity index (χ2v) is 6.41. The average Bonchev–Trinajstić information content (AvgIpc) is 3.17. The van der Waals surface area contributed by atoms with Crippen molar-refractivity contribution in [3.8, 4) is 5.69 Å². The Balaban J connectivity index is 1.53. The van der Waals surface area contributed by atoms with Crippen molar-refractivity contribution in [1.82, 2.24) is 20.2 Å². The van der Waals surface area contributed by atoms with Crippen molar-refractivity contribution in [3.63, 3.8) is 0 Å². The van der Waals surface area contributed by atoms with Gasteiger partial charge >= 0.3 is 0 Å². The summed E-state index contributed by atoms with van der Waals surface area (Å²) in [6, 6.07) is 6.99. The van der Waals surface area contributed by atoms with Crippen LogP contribution < -0.4 is 16.0 Å². The lowest BCUT2D eigenvalue weighted by atomic mass is 9.85. The van der Waals surface area contributed by atoms with Gasteiger partial charge in [-0.3, -0.25) is 9.59 Å². The summed E-state index contributed by atoms with van der Waals surface area (Å²) < 4.78 is 1.84. The molecule has 2 aromatic rings. The highest BCUT2D eigenvalue weighted by atomic mass is 16.3. The fourth-order valence-corrected chi connectivity index (χ4v) is 3.40. The molecule has 1 fully saturated rings. The van der Waals surface area contributed by atoms with E-state index in [1.165, 1.54) is 0 Å². The number of carbonyl (C=O) groups excluding carboxylic acids is 2. The third-order valence-electron chi connectivity index (χ3n) is 4.79. The molecule has 2 unspecified atom stereocenters. The Morgan fingerprint density at radius 1 is 1.31 bits per heavy atom. The molecule has 2 atom stereocenters. The number of nitrogens with zero attached hydrogens (tertiary/aromatic N) is 2. The first-order valence-electron chi connectivity index (χ1n) is 8.48. The molecule has 26 heavy (non-hydrogen) atoms. The standard InChI is InChI=1S/C18H19N5O3/c24-16-13-9-19-6-5-14(13)22-18(26)15(16)17(25)21-11-1-3-12(4-2-11)23-8-7-20-10-23/h1-4,7-8,10,13-14,19,24H,5-6,9H2,(H,21,25)(H,22,26). The molecule has 8 heteroatoms. The molecule has 0 spiro atoms. The van der Waals surface area contributed by atoms with E-state index in [0.29, 0.717) is 12.2 Å². The van der Waals surface area contributed by atoms with Crippen molar-refractivity contribution < 1.29 is 14.7 Å². The summed E-state index contributed by atoms with van der Waals surface area (Å²) in [6.07, 6.45) is 5.90. The van der Waals surface area contributed by atoms with E-state index in [1.54, 1.807) is 24.7 Å². The molecule has 2 aliphatic rings. The van der Waals surface area contributed by atoms with Gasteiger partial charge in [0.1, 0.15) is 11.3 Å². The smallest absolute Gasteiger partial charge is 0.264 e. The number of aliphatic hydroxyl groups is 1. The number of aromatic nitrogens is 2. The molecule has 1 saturated heterocycles. The van der Waals surface area contributed by atoms with E-state index in [-0.39, 0.29) is 23.3 Å². The van der Waals surface area contributed by atoms with Crippen LogP contribution in [-0.2, 0) is 9.59 Å². The van der Waals surface area contributed by atoms with Crippen molar-refractivity contribution in [2.24, 2.45) is 5.92 Å². The molecule has 2 aliphatic heterocycles. The Morgan fingerprint density at radius 2 is 2.12 bits per heavy atom. The highest BCUT2D eigenvalue weighted by Gasteiger charge is 2.39. The van der Waals surface area contributed by atoms with E-state index >= 15 is 0 Å². The lowest BCUT2D eigenvalue weighted by molar-refractivity contribution is -0.123. The van der Waals surface area contributed by atoms with Gasteiger partial charge in [0.15, 0.2) is 0 Å². The molecule has 0 bridgehead atoms. The topological polar surface area (TPSA) is 108 Å². The molecule has 8 nitrogen and oxygen atoms in total. The summed E-state index contributed by atoms with van der Waals surface area (Å²) in [5.74, 6) is -1.55. The number of piperidine rings is 1. The van der Waals surface area contributed by atoms with Gasteiger partial charge in [0, 0.05) is 36.4 Å². The third-order valence-corrected chi connectivity index (χ3v) is 4.79. The van der Waals surface area contributed by atoms with Crippen LogP contribution >= 0.6 is 0 Å². The van der Waals surface area contributed by atoms with Gasteiger partial charge in [-0.15, -0.1) is 0 Å². The minimum atomic E-state index is -0.612.